The van der Waals surface area contributed by atoms with Gasteiger partial charge in [0.1, 0.15) is 17.5 Å². The first-order valence-corrected chi connectivity index (χ1v) is 9.90. The molecule has 2 heterocycles. The predicted molar refractivity (Wildman–Crippen MR) is 111 cm³/mol. The molecule has 1 aliphatic rings. The summed E-state index contributed by atoms with van der Waals surface area (Å²) >= 11 is 0. The summed E-state index contributed by atoms with van der Waals surface area (Å²) in [5.41, 5.74) is -2.62. The van der Waals surface area contributed by atoms with Gasteiger partial charge in [-0.25, -0.2) is 0 Å². The molecule has 8 heteroatoms. The van der Waals surface area contributed by atoms with E-state index in [1.807, 2.05) is 0 Å². The quantitative estimate of drug-likeness (QED) is 0.616. The summed E-state index contributed by atoms with van der Waals surface area (Å²) in [5.74, 6) is -0.485. The van der Waals surface area contributed by atoms with Gasteiger partial charge in [-0.1, -0.05) is 24.3 Å². The second kappa shape index (κ2) is 7.63. The molecule has 4 rings (SSSR count). The third-order valence-corrected chi connectivity index (χ3v) is 5.60. The Hall–Kier alpha value is -3.39. The van der Waals surface area contributed by atoms with Crippen molar-refractivity contribution in [2.45, 2.75) is 37.8 Å². The number of ether oxygens (including phenoxy) is 1. The molecule has 2 atom stereocenters. The molecular formula is C24H20F3NO4. The molecule has 2 aromatic carbocycles. The summed E-state index contributed by atoms with van der Waals surface area (Å²) in [6.45, 7) is 3.33. The summed E-state index contributed by atoms with van der Waals surface area (Å²) in [5, 5.41) is 11.0. The zero-order chi connectivity index (χ0) is 23.3. The average Bonchev–Trinajstić information content (AvgIpc) is 2.74. The monoisotopic (exact) mass is 443 g/mol. The molecule has 0 unspecified atom stereocenters. The number of halogens is 3. The minimum Gasteiger partial charge on any atom is -0.485 e. The molecule has 0 amide bonds. The summed E-state index contributed by atoms with van der Waals surface area (Å²) < 4.78 is 47.5. The van der Waals surface area contributed by atoms with Crippen LogP contribution in [0.2, 0.25) is 0 Å². The standard InChI is InChI=1S/C24H20F3NO4/c1-23(2)22(31)20(28-12-6-5-9-19(28)29)16-13-14(10-11-18(16)32-23)21(30)15-7-3-4-8-17(15)24(25,26)27/h3-13,20,22,31H,1-2H3/t20-,22+/m0/s1. The second-order valence-electron chi connectivity index (χ2n) is 8.17. The van der Waals surface area contributed by atoms with Crippen LogP contribution in [0, 0.1) is 0 Å². The number of benzene rings is 2. The number of pyridine rings is 1. The van der Waals surface area contributed by atoms with Gasteiger partial charge in [0.2, 0.25) is 0 Å². The zero-order valence-electron chi connectivity index (χ0n) is 17.3. The van der Waals surface area contributed by atoms with Gasteiger partial charge < -0.3 is 14.4 Å². The Kier molecular flexibility index (Phi) is 5.21. The third kappa shape index (κ3) is 3.71. The van der Waals surface area contributed by atoms with Gasteiger partial charge in [0, 0.05) is 29.0 Å². The number of carbonyl (C=O) groups excluding carboxylic acids is 1. The third-order valence-electron chi connectivity index (χ3n) is 5.60. The number of carbonyl (C=O) groups is 1. The van der Waals surface area contributed by atoms with Gasteiger partial charge in [-0.15, -0.1) is 0 Å². The highest BCUT2D eigenvalue weighted by Crippen LogP contribution is 2.42. The Morgan fingerprint density at radius 3 is 2.44 bits per heavy atom. The number of nitrogens with zero attached hydrogens (tertiary/aromatic N) is 1. The van der Waals surface area contributed by atoms with Crippen molar-refractivity contribution in [1.82, 2.24) is 4.57 Å². The summed E-state index contributed by atoms with van der Waals surface area (Å²) in [4.78, 5) is 25.5. The lowest BCUT2D eigenvalue weighted by Gasteiger charge is -2.42. The number of ketones is 1. The normalized spacial score (nSPS) is 19.7. The van der Waals surface area contributed by atoms with E-state index in [9.17, 15) is 27.9 Å². The number of alkyl halides is 3. The van der Waals surface area contributed by atoms with Crippen molar-refractivity contribution in [1.29, 1.82) is 0 Å². The summed E-state index contributed by atoms with van der Waals surface area (Å²) in [6, 6.07) is 12.4. The van der Waals surface area contributed by atoms with Gasteiger partial charge in [-0.2, -0.15) is 13.2 Å². The van der Waals surface area contributed by atoms with Crippen LogP contribution in [0.1, 0.15) is 46.9 Å². The Morgan fingerprint density at radius 2 is 1.75 bits per heavy atom. The van der Waals surface area contributed by atoms with Crippen molar-refractivity contribution >= 4 is 5.78 Å². The molecule has 0 saturated carbocycles. The number of hydrogen-bond acceptors (Lipinski definition) is 4. The number of aromatic nitrogens is 1. The lowest BCUT2D eigenvalue weighted by molar-refractivity contribution is -0.137. The minimum atomic E-state index is -4.69. The topological polar surface area (TPSA) is 68.5 Å². The molecule has 0 fully saturated rings. The van der Waals surface area contributed by atoms with E-state index in [2.05, 4.69) is 0 Å². The Morgan fingerprint density at radius 1 is 1.06 bits per heavy atom. The highest BCUT2D eigenvalue weighted by molar-refractivity contribution is 6.10. The van der Waals surface area contributed by atoms with Crippen LogP contribution in [0.15, 0.2) is 71.7 Å². The molecular weight excluding hydrogens is 423 g/mol. The number of aliphatic hydroxyl groups is 1. The lowest BCUT2D eigenvalue weighted by Crippen LogP contribution is -2.52. The van der Waals surface area contributed by atoms with Gasteiger partial charge >= 0.3 is 6.18 Å². The fourth-order valence-corrected chi connectivity index (χ4v) is 3.96. The fourth-order valence-electron chi connectivity index (χ4n) is 3.96. The molecule has 0 saturated heterocycles. The second-order valence-corrected chi connectivity index (χ2v) is 8.17. The van der Waals surface area contributed by atoms with Gasteiger partial charge in [0.25, 0.3) is 5.56 Å². The molecule has 5 nitrogen and oxygen atoms in total. The molecule has 1 aromatic heterocycles. The number of rotatable bonds is 3. The SMILES string of the molecule is CC1(C)Oc2ccc(C(=O)c3ccccc3C(F)(F)F)cc2[C@H](n2ccccc2=O)[C@H]1O. The molecule has 0 radical (unpaired) electrons. The van der Waals surface area contributed by atoms with E-state index in [1.54, 1.807) is 26.0 Å². The highest BCUT2D eigenvalue weighted by atomic mass is 19.4. The minimum absolute atomic E-state index is 0.00932. The van der Waals surface area contributed by atoms with Gasteiger partial charge in [0.15, 0.2) is 5.78 Å². The predicted octanol–water partition coefficient (Wildman–Crippen LogP) is 4.22. The first kappa shape index (κ1) is 21.8. The lowest BCUT2D eigenvalue weighted by atomic mass is 9.84. The molecule has 1 N–H and O–H groups in total. The van der Waals surface area contributed by atoms with Crippen LogP contribution in [-0.4, -0.2) is 27.2 Å². The number of hydrogen-bond donors (Lipinski definition) is 1. The Balaban J connectivity index is 1.87. The maximum Gasteiger partial charge on any atom is 0.417 e. The number of fused-ring (bicyclic) bond motifs is 1. The van der Waals surface area contributed by atoms with Crippen LogP contribution in [0.25, 0.3) is 0 Å². The van der Waals surface area contributed by atoms with Crippen molar-refractivity contribution in [3.8, 4) is 5.75 Å². The first-order valence-electron chi connectivity index (χ1n) is 9.90. The van der Waals surface area contributed by atoms with Crippen LogP contribution in [0.4, 0.5) is 13.2 Å². The summed E-state index contributed by atoms with van der Waals surface area (Å²) in [6.07, 6.45) is -4.35. The van der Waals surface area contributed by atoms with E-state index >= 15 is 0 Å². The molecule has 0 bridgehead atoms. The molecule has 3 aromatic rings. The van der Waals surface area contributed by atoms with Crippen molar-refractivity contribution in [2.24, 2.45) is 0 Å². The van der Waals surface area contributed by atoms with Crippen LogP contribution in [0.5, 0.6) is 5.75 Å². The average molecular weight is 443 g/mol. The van der Waals surface area contributed by atoms with E-state index in [0.717, 1.165) is 12.1 Å². The largest absolute Gasteiger partial charge is 0.485 e. The molecule has 166 valence electrons. The zero-order valence-corrected chi connectivity index (χ0v) is 17.3. The summed E-state index contributed by atoms with van der Waals surface area (Å²) in [7, 11) is 0. The molecule has 0 spiro atoms. The van der Waals surface area contributed by atoms with E-state index in [4.69, 9.17) is 4.74 Å². The highest BCUT2D eigenvalue weighted by Gasteiger charge is 2.44. The van der Waals surface area contributed by atoms with E-state index in [0.29, 0.717) is 11.3 Å². The maximum atomic E-state index is 13.4. The van der Waals surface area contributed by atoms with Gasteiger partial charge in [-0.3, -0.25) is 9.59 Å². The Bertz CT molecular complexity index is 1250. The van der Waals surface area contributed by atoms with Crippen LogP contribution in [-0.2, 0) is 6.18 Å². The van der Waals surface area contributed by atoms with Crippen LogP contribution < -0.4 is 10.3 Å². The van der Waals surface area contributed by atoms with Crippen LogP contribution in [0.3, 0.4) is 0 Å². The van der Waals surface area contributed by atoms with Crippen molar-refractivity contribution in [3.05, 3.63) is 99.5 Å². The van der Waals surface area contributed by atoms with Gasteiger partial charge in [-0.05, 0) is 44.2 Å². The van der Waals surface area contributed by atoms with Crippen molar-refractivity contribution in [3.63, 3.8) is 0 Å². The van der Waals surface area contributed by atoms with E-state index in [1.165, 1.54) is 47.2 Å². The van der Waals surface area contributed by atoms with Crippen molar-refractivity contribution in [2.75, 3.05) is 0 Å². The van der Waals surface area contributed by atoms with Crippen molar-refractivity contribution < 1.29 is 27.8 Å². The molecule has 32 heavy (non-hydrogen) atoms. The van der Waals surface area contributed by atoms with Crippen LogP contribution >= 0.6 is 0 Å². The fraction of sp³-hybridized carbons (Fsp3) is 0.250. The number of aliphatic hydroxyl groups excluding tert-OH is 1. The molecule has 0 aliphatic carbocycles. The van der Waals surface area contributed by atoms with Gasteiger partial charge in [0.05, 0.1) is 11.6 Å². The van der Waals surface area contributed by atoms with E-state index < -0.39 is 40.8 Å². The first-order chi connectivity index (χ1) is 15.0. The van der Waals surface area contributed by atoms with E-state index in [-0.39, 0.29) is 11.1 Å². The smallest absolute Gasteiger partial charge is 0.417 e. The maximum absolute atomic E-state index is 13.4. The Labute approximate surface area is 181 Å². The molecule has 1 aliphatic heterocycles.